The molecular weight excluding hydrogens is 627 g/mol. The zero-order valence-electron chi connectivity index (χ0n) is 21.4. The van der Waals surface area contributed by atoms with Crippen LogP contribution in [0.1, 0.15) is 34.7 Å². The van der Waals surface area contributed by atoms with Crippen LogP contribution in [0.2, 0.25) is 10.0 Å². The molecule has 4 rings (SSSR count). The molecule has 12 heteroatoms. The normalized spacial score (nSPS) is 11.8. The number of rotatable bonds is 11. The van der Waals surface area contributed by atoms with Gasteiger partial charge in [0.15, 0.2) is 16.7 Å². The number of nitrogens with zero attached hydrogens (tertiary/aromatic N) is 4. The lowest BCUT2D eigenvalue weighted by molar-refractivity contribution is -0.479. The molecule has 1 heterocycles. The Morgan fingerprint density at radius 2 is 1.90 bits per heavy atom. The molecule has 0 fully saturated rings. The van der Waals surface area contributed by atoms with Gasteiger partial charge in [0, 0.05) is 26.2 Å². The first-order chi connectivity index (χ1) is 18.7. The number of aromatic nitrogens is 3. The molecule has 0 saturated heterocycles. The summed E-state index contributed by atoms with van der Waals surface area (Å²) in [5.74, 6) is 1.61. The molecule has 39 heavy (non-hydrogen) atoms. The average Bonchev–Trinajstić information content (AvgIpc) is 3.23. The van der Waals surface area contributed by atoms with Gasteiger partial charge < -0.3 is 9.47 Å². The molecule has 1 atom stereocenters. The molecule has 4 aromatic rings. The molecule has 0 bridgehead atoms. The van der Waals surface area contributed by atoms with Crippen LogP contribution < -0.4 is 9.47 Å². The minimum absolute atomic E-state index is 0.181. The summed E-state index contributed by atoms with van der Waals surface area (Å²) < 4.78 is 14.5. The van der Waals surface area contributed by atoms with Gasteiger partial charge in [0.25, 0.3) is 0 Å². The van der Waals surface area contributed by atoms with Gasteiger partial charge in [-0.3, -0.25) is 14.7 Å². The highest BCUT2D eigenvalue weighted by atomic mass is 79.9. The molecule has 0 aliphatic heterocycles. The van der Waals surface area contributed by atoms with E-state index in [1.165, 1.54) is 11.8 Å². The molecule has 0 aliphatic carbocycles. The lowest BCUT2D eigenvalue weighted by Crippen LogP contribution is -2.12. The molecule has 1 aromatic heterocycles. The lowest BCUT2D eigenvalue weighted by Gasteiger charge is -2.19. The van der Waals surface area contributed by atoms with E-state index in [0.717, 1.165) is 16.8 Å². The number of nitro groups is 1. The first-order valence-electron chi connectivity index (χ1n) is 12.0. The van der Waals surface area contributed by atoms with Crippen molar-refractivity contribution in [3.05, 3.63) is 102 Å². The molecular formula is C27H25BrCl2N4O4S. The average molecular weight is 652 g/mol. The second kappa shape index (κ2) is 13.0. The molecule has 0 N–H and O–H groups in total. The summed E-state index contributed by atoms with van der Waals surface area (Å²) in [6.07, 6.45) is 0. The highest BCUT2D eigenvalue weighted by molar-refractivity contribution is 9.10. The van der Waals surface area contributed by atoms with Crippen LogP contribution in [0.25, 0.3) is 5.69 Å². The van der Waals surface area contributed by atoms with Gasteiger partial charge >= 0.3 is 0 Å². The van der Waals surface area contributed by atoms with Gasteiger partial charge in [-0.25, -0.2) is 0 Å². The van der Waals surface area contributed by atoms with E-state index in [9.17, 15) is 10.1 Å². The first kappa shape index (κ1) is 29.2. The van der Waals surface area contributed by atoms with Crippen molar-refractivity contribution < 1.29 is 14.4 Å². The molecule has 0 unspecified atom stereocenters. The summed E-state index contributed by atoms with van der Waals surface area (Å²) in [7, 11) is 0. The zero-order chi connectivity index (χ0) is 28.1. The Morgan fingerprint density at radius 3 is 2.59 bits per heavy atom. The van der Waals surface area contributed by atoms with Crippen LogP contribution in [0.5, 0.6) is 11.5 Å². The highest BCUT2D eigenvalue weighted by Crippen LogP contribution is 2.43. The van der Waals surface area contributed by atoms with Crippen LogP contribution in [0.4, 0.5) is 0 Å². The van der Waals surface area contributed by atoms with Crippen molar-refractivity contribution in [2.24, 2.45) is 0 Å². The van der Waals surface area contributed by atoms with E-state index >= 15 is 0 Å². The topological polar surface area (TPSA) is 92.3 Å². The number of ether oxygens (including phenoxy) is 2. The predicted molar refractivity (Wildman–Crippen MR) is 157 cm³/mol. The van der Waals surface area contributed by atoms with E-state index in [1.807, 2.05) is 55.7 Å². The minimum Gasteiger partial charge on any atom is -0.490 e. The van der Waals surface area contributed by atoms with Crippen molar-refractivity contribution in [3.63, 3.8) is 0 Å². The predicted octanol–water partition coefficient (Wildman–Crippen LogP) is 8.04. The third-order valence-corrected chi connectivity index (χ3v) is 8.06. The Labute approximate surface area is 248 Å². The van der Waals surface area contributed by atoms with Crippen LogP contribution in [-0.2, 0) is 6.61 Å². The molecule has 0 radical (unpaired) electrons. The molecule has 0 amide bonds. The minimum atomic E-state index is -0.581. The van der Waals surface area contributed by atoms with Crippen molar-refractivity contribution in [2.45, 2.75) is 37.8 Å². The van der Waals surface area contributed by atoms with Crippen molar-refractivity contribution >= 4 is 50.9 Å². The van der Waals surface area contributed by atoms with Gasteiger partial charge in [0.05, 0.1) is 11.1 Å². The molecule has 3 aromatic carbocycles. The summed E-state index contributed by atoms with van der Waals surface area (Å²) >= 11 is 17.2. The molecule has 204 valence electrons. The fraction of sp³-hybridized carbons (Fsp3) is 0.259. The third-order valence-electron chi connectivity index (χ3n) is 5.71. The van der Waals surface area contributed by atoms with Crippen LogP contribution in [-0.4, -0.2) is 32.8 Å². The largest absolute Gasteiger partial charge is 0.490 e. The van der Waals surface area contributed by atoms with Gasteiger partial charge in [-0.2, -0.15) is 0 Å². The van der Waals surface area contributed by atoms with Crippen molar-refractivity contribution in [1.82, 2.24) is 14.8 Å². The zero-order valence-corrected chi connectivity index (χ0v) is 25.3. The maximum Gasteiger partial charge on any atom is 0.220 e. The highest BCUT2D eigenvalue weighted by Gasteiger charge is 2.26. The SMILES string of the molecule is CCOc1cc([C@H](C[N+](=O)[O-])Sc2nnc(C)n2-c2cccc(C)c2)cc(Br)c1OCc1ccc(Cl)cc1Cl. The Morgan fingerprint density at radius 1 is 1.10 bits per heavy atom. The van der Waals surface area contributed by atoms with Gasteiger partial charge in [-0.15, -0.1) is 10.2 Å². The molecule has 0 aliphatic rings. The third kappa shape index (κ3) is 7.25. The summed E-state index contributed by atoms with van der Waals surface area (Å²) in [6.45, 7) is 5.94. The molecule has 8 nitrogen and oxygen atoms in total. The number of benzene rings is 3. The monoisotopic (exact) mass is 650 g/mol. The molecule has 0 saturated carbocycles. The lowest BCUT2D eigenvalue weighted by atomic mass is 10.1. The van der Waals surface area contributed by atoms with E-state index in [1.54, 1.807) is 24.3 Å². The number of hydrogen-bond acceptors (Lipinski definition) is 7. The molecule has 0 spiro atoms. The second-order valence-corrected chi connectivity index (χ2v) is 11.5. The summed E-state index contributed by atoms with van der Waals surface area (Å²) in [4.78, 5) is 11.4. The van der Waals surface area contributed by atoms with E-state index < -0.39 is 5.25 Å². The summed E-state index contributed by atoms with van der Waals surface area (Å²) in [6, 6.07) is 16.7. The van der Waals surface area contributed by atoms with Crippen molar-refractivity contribution in [3.8, 4) is 17.2 Å². The van der Waals surface area contributed by atoms with Crippen molar-refractivity contribution in [2.75, 3.05) is 13.2 Å². The van der Waals surface area contributed by atoms with Gasteiger partial charge in [-0.05, 0) is 84.2 Å². The number of aryl methyl sites for hydroxylation is 2. The Hall–Kier alpha value is -2.79. The van der Waals surface area contributed by atoms with E-state index in [0.29, 0.717) is 49.2 Å². The Balaban J connectivity index is 1.68. The van der Waals surface area contributed by atoms with Gasteiger partial charge in [0.2, 0.25) is 6.54 Å². The number of thioether (sulfide) groups is 1. The van der Waals surface area contributed by atoms with Crippen LogP contribution in [0.3, 0.4) is 0 Å². The number of hydrogen-bond donors (Lipinski definition) is 0. The van der Waals surface area contributed by atoms with Crippen LogP contribution in [0.15, 0.2) is 64.2 Å². The van der Waals surface area contributed by atoms with E-state index in [4.69, 9.17) is 32.7 Å². The van der Waals surface area contributed by atoms with Gasteiger partial charge in [-0.1, -0.05) is 53.2 Å². The summed E-state index contributed by atoms with van der Waals surface area (Å²) in [5.41, 5.74) is 3.41. The van der Waals surface area contributed by atoms with Crippen LogP contribution in [0, 0.1) is 24.0 Å². The fourth-order valence-corrected chi connectivity index (χ4v) is 6.11. The smallest absolute Gasteiger partial charge is 0.220 e. The first-order valence-corrected chi connectivity index (χ1v) is 14.4. The second-order valence-electron chi connectivity index (χ2n) is 8.61. The Kier molecular flexibility index (Phi) is 9.76. The van der Waals surface area contributed by atoms with Gasteiger partial charge in [0.1, 0.15) is 17.7 Å². The number of halogens is 3. The standard InChI is InChI=1S/C27H25BrCl2N4O4S/c1-4-37-24-12-19(11-22(28)26(24)38-15-18-8-9-20(29)13-23(18)30)25(14-33(35)36)39-27-32-31-17(3)34(27)21-7-5-6-16(2)10-21/h5-13,25H,4,14-15H2,1-3H3/t25-/m0/s1. The van der Waals surface area contributed by atoms with Crippen molar-refractivity contribution in [1.29, 1.82) is 0 Å². The van der Waals surface area contributed by atoms with E-state index in [2.05, 4.69) is 26.1 Å². The maximum absolute atomic E-state index is 11.7. The fourth-order valence-electron chi connectivity index (χ4n) is 3.92. The van der Waals surface area contributed by atoms with Crippen LogP contribution >= 0.6 is 50.9 Å². The quantitative estimate of drug-likeness (QED) is 0.0920. The van der Waals surface area contributed by atoms with E-state index in [-0.39, 0.29) is 18.1 Å². The maximum atomic E-state index is 11.7. The summed E-state index contributed by atoms with van der Waals surface area (Å²) in [5, 5.41) is 21.3. The Bertz CT molecular complexity index is 1500.